The minimum absolute atomic E-state index is 0.0114. The Labute approximate surface area is 165 Å². The molecule has 0 radical (unpaired) electrons. The number of carbonyl (C=O) groups is 1. The lowest BCUT2D eigenvalue weighted by atomic mass is 9.91. The first-order valence-corrected chi connectivity index (χ1v) is 9.91. The van der Waals surface area contributed by atoms with Gasteiger partial charge < -0.3 is 20.0 Å². The molecule has 1 fully saturated rings. The molecule has 1 aliphatic heterocycles. The van der Waals surface area contributed by atoms with Gasteiger partial charge in [-0.1, -0.05) is 12.8 Å². The number of pyridine rings is 1. The quantitative estimate of drug-likeness (QED) is 0.559. The Morgan fingerprint density at radius 1 is 1.26 bits per heavy atom. The Kier molecular flexibility index (Phi) is 7.21. The van der Waals surface area contributed by atoms with Crippen LogP contribution in [-0.2, 0) is 0 Å². The van der Waals surface area contributed by atoms with Crippen LogP contribution in [0.5, 0.6) is 0 Å². The summed E-state index contributed by atoms with van der Waals surface area (Å²) in [5.74, 6) is 1.15. The molecule has 0 spiro atoms. The van der Waals surface area contributed by atoms with Gasteiger partial charge in [0.1, 0.15) is 0 Å². The van der Waals surface area contributed by atoms with E-state index in [0.717, 1.165) is 44.6 Å². The minimum Gasteiger partial charge on any atom is -0.459 e. The predicted octanol–water partition coefficient (Wildman–Crippen LogP) is 3.68. The third-order valence-corrected chi connectivity index (χ3v) is 5.12. The molecule has 1 aliphatic rings. The van der Waals surface area contributed by atoms with Crippen molar-refractivity contribution < 1.29 is 9.21 Å². The number of carbonyl (C=O) groups excluding carboxylic acids is 1. The molecule has 0 saturated carbocycles. The summed E-state index contributed by atoms with van der Waals surface area (Å²) in [6.07, 6.45) is 10.6. The largest absolute Gasteiger partial charge is 0.459 e. The van der Waals surface area contributed by atoms with E-state index in [9.17, 15) is 4.79 Å². The van der Waals surface area contributed by atoms with Crippen molar-refractivity contribution in [1.29, 1.82) is 0 Å². The zero-order chi connectivity index (χ0) is 18.9. The highest BCUT2D eigenvalue weighted by atomic mass is 32.1. The fourth-order valence-electron chi connectivity index (χ4n) is 3.35. The van der Waals surface area contributed by atoms with Crippen molar-refractivity contribution in [2.45, 2.75) is 32.1 Å². The first kappa shape index (κ1) is 19.4. The van der Waals surface area contributed by atoms with Crippen molar-refractivity contribution in [2.75, 3.05) is 25.0 Å². The van der Waals surface area contributed by atoms with Crippen LogP contribution in [-0.4, -0.2) is 40.5 Å². The van der Waals surface area contributed by atoms with Crippen LogP contribution >= 0.6 is 12.2 Å². The summed E-state index contributed by atoms with van der Waals surface area (Å²) in [6.45, 7) is 2.51. The maximum absolute atomic E-state index is 12.3. The molecular weight excluding hydrogens is 360 g/mol. The van der Waals surface area contributed by atoms with Crippen LogP contribution in [0.2, 0.25) is 0 Å². The lowest BCUT2D eigenvalue weighted by Crippen LogP contribution is -2.38. The first-order valence-electron chi connectivity index (χ1n) is 9.50. The van der Waals surface area contributed by atoms with E-state index in [-0.39, 0.29) is 5.91 Å². The number of nitrogens with one attached hydrogen (secondary N) is 2. The number of aromatic nitrogens is 1. The van der Waals surface area contributed by atoms with Gasteiger partial charge in [0.05, 0.1) is 18.1 Å². The molecule has 0 unspecified atom stereocenters. The van der Waals surface area contributed by atoms with Gasteiger partial charge in [0.2, 0.25) is 0 Å². The molecule has 0 aromatic carbocycles. The highest BCUT2D eigenvalue weighted by Crippen LogP contribution is 2.23. The summed E-state index contributed by atoms with van der Waals surface area (Å²) < 4.78 is 5.21. The van der Waals surface area contributed by atoms with E-state index < -0.39 is 0 Å². The van der Waals surface area contributed by atoms with Crippen LogP contribution in [0, 0.1) is 5.92 Å². The number of amides is 1. The van der Waals surface area contributed by atoms with Gasteiger partial charge in [0, 0.05) is 25.8 Å². The molecule has 1 amide bonds. The van der Waals surface area contributed by atoms with Gasteiger partial charge >= 0.3 is 0 Å². The summed E-state index contributed by atoms with van der Waals surface area (Å²) in [6, 6.07) is 7.30. The summed E-state index contributed by atoms with van der Waals surface area (Å²) in [7, 11) is 0. The first-order chi connectivity index (χ1) is 13.2. The molecule has 2 aromatic heterocycles. The van der Waals surface area contributed by atoms with Gasteiger partial charge in [0.15, 0.2) is 10.9 Å². The molecule has 2 N–H and O–H groups in total. The van der Waals surface area contributed by atoms with Crippen LogP contribution in [0.3, 0.4) is 0 Å². The summed E-state index contributed by atoms with van der Waals surface area (Å²) in [5.41, 5.74) is 0.894. The Morgan fingerprint density at radius 2 is 2.11 bits per heavy atom. The minimum atomic E-state index is 0.0114. The lowest BCUT2D eigenvalue weighted by molar-refractivity contribution is 0.0654. The van der Waals surface area contributed by atoms with Gasteiger partial charge in [-0.3, -0.25) is 9.78 Å². The highest BCUT2D eigenvalue weighted by molar-refractivity contribution is 7.80. The fourth-order valence-corrected chi connectivity index (χ4v) is 3.57. The Bertz CT molecular complexity index is 713. The molecule has 0 aliphatic carbocycles. The number of nitrogens with zero attached hydrogens (tertiary/aromatic N) is 2. The lowest BCUT2D eigenvalue weighted by Gasteiger charge is -2.31. The van der Waals surface area contributed by atoms with E-state index in [1.807, 2.05) is 17.0 Å². The molecule has 1 saturated heterocycles. The molecule has 0 atom stereocenters. The van der Waals surface area contributed by atoms with E-state index in [1.165, 1.54) is 12.8 Å². The monoisotopic (exact) mass is 386 g/mol. The van der Waals surface area contributed by atoms with Gasteiger partial charge in [-0.25, -0.2) is 0 Å². The molecular formula is C20H26N4O2S. The third-order valence-electron chi connectivity index (χ3n) is 4.88. The van der Waals surface area contributed by atoms with Crippen molar-refractivity contribution in [2.24, 2.45) is 5.92 Å². The van der Waals surface area contributed by atoms with E-state index in [2.05, 4.69) is 15.6 Å². The zero-order valence-electron chi connectivity index (χ0n) is 15.4. The zero-order valence-corrected chi connectivity index (χ0v) is 16.2. The number of hydrogen-bond acceptors (Lipinski definition) is 4. The maximum atomic E-state index is 12.3. The summed E-state index contributed by atoms with van der Waals surface area (Å²) in [5, 5.41) is 6.99. The number of thiocarbonyl (C=S) groups is 1. The van der Waals surface area contributed by atoms with Crippen LogP contribution in [0.1, 0.15) is 42.7 Å². The van der Waals surface area contributed by atoms with E-state index in [1.54, 1.807) is 30.8 Å². The molecule has 3 heterocycles. The van der Waals surface area contributed by atoms with Crippen molar-refractivity contribution in [3.8, 4) is 0 Å². The smallest absolute Gasteiger partial charge is 0.289 e. The number of furan rings is 1. The molecule has 2 aromatic rings. The van der Waals surface area contributed by atoms with Crippen molar-refractivity contribution in [3.63, 3.8) is 0 Å². The molecule has 144 valence electrons. The molecule has 6 nitrogen and oxygen atoms in total. The van der Waals surface area contributed by atoms with E-state index in [4.69, 9.17) is 16.6 Å². The van der Waals surface area contributed by atoms with Crippen molar-refractivity contribution >= 4 is 28.9 Å². The summed E-state index contributed by atoms with van der Waals surface area (Å²) >= 11 is 5.29. The highest BCUT2D eigenvalue weighted by Gasteiger charge is 2.24. The number of piperidine rings is 1. The predicted molar refractivity (Wildman–Crippen MR) is 110 cm³/mol. The number of likely N-dealkylation sites (tertiary alicyclic amines) is 1. The van der Waals surface area contributed by atoms with Gasteiger partial charge in [-0.15, -0.1) is 0 Å². The van der Waals surface area contributed by atoms with Crippen molar-refractivity contribution in [1.82, 2.24) is 15.2 Å². The van der Waals surface area contributed by atoms with Crippen LogP contribution in [0.4, 0.5) is 5.69 Å². The number of rotatable bonds is 7. The van der Waals surface area contributed by atoms with Crippen LogP contribution < -0.4 is 10.6 Å². The van der Waals surface area contributed by atoms with Crippen molar-refractivity contribution in [3.05, 3.63) is 48.7 Å². The Morgan fingerprint density at radius 3 is 2.81 bits per heavy atom. The second kappa shape index (κ2) is 10.1. The average molecular weight is 387 g/mol. The van der Waals surface area contributed by atoms with Crippen LogP contribution in [0.25, 0.3) is 0 Å². The normalized spacial score (nSPS) is 14.7. The molecule has 3 rings (SSSR count). The van der Waals surface area contributed by atoms with Gasteiger partial charge in [-0.05, 0) is 61.7 Å². The molecule has 7 heteroatoms. The topological polar surface area (TPSA) is 70.4 Å². The van der Waals surface area contributed by atoms with Gasteiger partial charge in [-0.2, -0.15) is 0 Å². The Balaban J connectivity index is 1.25. The number of unbranched alkanes of at least 4 members (excludes halogenated alkanes) is 1. The van der Waals surface area contributed by atoms with E-state index >= 15 is 0 Å². The second-order valence-electron chi connectivity index (χ2n) is 6.83. The average Bonchev–Trinajstić information content (AvgIpc) is 3.23. The Hall–Kier alpha value is -2.41. The fraction of sp³-hybridized carbons (Fsp3) is 0.450. The van der Waals surface area contributed by atoms with E-state index in [0.29, 0.717) is 16.8 Å². The standard InChI is InChI=1S/C20H26N4O2S/c25-19(18-7-4-14-26-18)24-12-8-16(9-13-24)5-1-2-11-22-20(27)23-17-6-3-10-21-15-17/h3-4,6-7,10,14-16H,1-2,5,8-9,11-13H2,(H2,22,23,27). The number of anilines is 1. The number of hydrogen-bond donors (Lipinski definition) is 2. The molecule has 0 bridgehead atoms. The van der Waals surface area contributed by atoms with Gasteiger partial charge in [0.25, 0.3) is 5.91 Å². The third kappa shape index (κ3) is 6.06. The molecule has 27 heavy (non-hydrogen) atoms. The maximum Gasteiger partial charge on any atom is 0.289 e. The van der Waals surface area contributed by atoms with Crippen LogP contribution in [0.15, 0.2) is 47.3 Å². The summed E-state index contributed by atoms with van der Waals surface area (Å²) in [4.78, 5) is 18.2. The second-order valence-corrected chi connectivity index (χ2v) is 7.24. The SMILES string of the molecule is O=C(c1ccco1)N1CCC(CCCCNC(=S)Nc2cccnc2)CC1.